The van der Waals surface area contributed by atoms with E-state index in [0.29, 0.717) is 41.8 Å². The molecular formula is C14H15Cl2N3O2. The van der Waals surface area contributed by atoms with Crippen LogP contribution in [0.3, 0.4) is 0 Å². The van der Waals surface area contributed by atoms with E-state index in [1.807, 2.05) is 0 Å². The number of nitrogens with one attached hydrogen (secondary N) is 1. The van der Waals surface area contributed by atoms with Crippen molar-refractivity contribution in [2.24, 2.45) is 0 Å². The number of likely N-dealkylation sites (tertiary alicyclic amines) is 1. The van der Waals surface area contributed by atoms with Crippen molar-refractivity contribution in [1.29, 1.82) is 0 Å². The van der Waals surface area contributed by atoms with E-state index in [4.69, 9.17) is 23.2 Å². The predicted octanol–water partition coefficient (Wildman–Crippen LogP) is 1.25. The van der Waals surface area contributed by atoms with Crippen LogP contribution in [0.15, 0.2) is 18.2 Å². The van der Waals surface area contributed by atoms with Gasteiger partial charge in [-0.25, -0.2) is 0 Å². The van der Waals surface area contributed by atoms with E-state index in [1.54, 1.807) is 23.1 Å². The summed E-state index contributed by atoms with van der Waals surface area (Å²) in [6.07, 6.45) is 0. The van der Waals surface area contributed by atoms with Gasteiger partial charge >= 0.3 is 0 Å². The fraction of sp³-hybridized carbons (Fsp3) is 0.429. The number of amides is 2. The van der Waals surface area contributed by atoms with Gasteiger partial charge in [-0.2, -0.15) is 0 Å². The third-order valence-electron chi connectivity index (χ3n) is 3.90. The molecule has 0 radical (unpaired) electrons. The van der Waals surface area contributed by atoms with Gasteiger partial charge in [-0.15, -0.1) is 0 Å². The summed E-state index contributed by atoms with van der Waals surface area (Å²) in [5, 5.41) is 3.62. The van der Waals surface area contributed by atoms with Crippen LogP contribution >= 0.6 is 23.2 Å². The minimum absolute atomic E-state index is 0.0497. The number of nitrogens with zero attached hydrogens (tertiary/aromatic N) is 2. The van der Waals surface area contributed by atoms with E-state index in [2.05, 4.69) is 10.2 Å². The van der Waals surface area contributed by atoms with Crippen molar-refractivity contribution in [2.45, 2.75) is 6.04 Å². The number of piperazine rings is 1. The maximum Gasteiger partial charge on any atom is 0.254 e. The number of hydrogen-bond donors (Lipinski definition) is 1. The van der Waals surface area contributed by atoms with E-state index < -0.39 is 0 Å². The number of benzene rings is 1. The topological polar surface area (TPSA) is 52.7 Å². The van der Waals surface area contributed by atoms with E-state index in [0.717, 1.165) is 6.54 Å². The van der Waals surface area contributed by atoms with Crippen LogP contribution in [0.1, 0.15) is 10.4 Å². The van der Waals surface area contributed by atoms with Crippen molar-refractivity contribution in [1.82, 2.24) is 15.1 Å². The molecule has 0 bridgehead atoms. The Morgan fingerprint density at radius 3 is 2.67 bits per heavy atom. The van der Waals surface area contributed by atoms with Crippen LogP contribution < -0.4 is 5.32 Å². The van der Waals surface area contributed by atoms with E-state index in [-0.39, 0.29) is 17.9 Å². The highest BCUT2D eigenvalue weighted by atomic mass is 35.5. The molecule has 0 spiro atoms. The van der Waals surface area contributed by atoms with E-state index in [9.17, 15) is 9.59 Å². The summed E-state index contributed by atoms with van der Waals surface area (Å²) in [4.78, 5) is 27.6. The van der Waals surface area contributed by atoms with Crippen LogP contribution in [-0.2, 0) is 4.79 Å². The molecule has 2 saturated heterocycles. The molecule has 1 N–H and O–H groups in total. The average molecular weight is 328 g/mol. The molecule has 2 aliphatic heterocycles. The summed E-state index contributed by atoms with van der Waals surface area (Å²) in [6.45, 7) is 3.22. The molecule has 3 rings (SSSR count). The smallest absolute Gasteiger partial charge is 0.254 e. The molecule has 2 heterocycles. The van der Waals surface area contributed by atoms with Crippen LogP contribution in [-0.4, -0.2) is 60.4 Å². The Labute approximate surface area is 132 Å². The van der Waals surface area contributed by atoms with Gasteiger partial charge in [0.05, 0.1) is 16.6 Å². The molecule has 1 aromatic carbocycles. The average Bonchev–Trinajstić information content (AvgIpc) is 2.40. The molecule has 7 heteroatoms. The minimum Gasteiger partial charge on any atom is -0.354 e. The number of halogens is 2. The van der Waals surface area contributed by atoms with Crippen molar-refractivity contribution in [3.8, 4) is 0 Å². The lowest BCUT2D eigenvalue weighted by Crippen LogP contribution is -2.64. The SMILES string of the molecule is O=C1CN(C2CN(C(=O)c3ccc(Cl)c(Cl)c3)C2)CCN1. The maximum atomic E-state index is 12.3. The summed E-state index contributed by atoms with van der Waals surface area (Å²) in [7, 11) is 0. The van der Waals surface area contributed by atoms with Crippen molar-refractivity contribution in [2.75, 3.05) is 32.7 Å². The van der Waals surface area contributed by atoms with Crippen molar-refractivity contribution in [3.63, 3.8) is 0 Å². The molecule has 112 valence electrons. The first-order valence-corrected chi connectivity index (χ1v) is 7.55. The van der Waals surface area contributed by atoms with Gasteiger partial charge in [0.1, 0.15) is 0 Å². The third kappa shape index (κ3) is 3.00. The second-order valence-corrected chi connectivity index (χ2v) is 6.13. The zero-order valence-corrected chi connectivity index (χ0v) is 12.8. The first kappa shape index (κ1) is 14.6. The first-order chi connectivity index (χ1) is 10.0. The van der Waals surface area contributed by atoms with Crippen LogP contribution in [0.2, 0.25) is 10.0 Å². The Morgan fingerprint density at radius 1 is 1.24 bits per heavy atom. The van der Waals surface area contributed by atoms with Gasteiger partial charge < -0.3 is 10.2 Å². The van der Waals surface area contributed by atoms with Gasteiger partial charge in [-0.3, -0.25) is 14.5 Å². The predicted molar refractivity (Wildman–Crippen MR) is 80.7 cm³/mol. The third-order valence-corrected chi connectivity index (χ3v) is 4.64. The quantitative estimate of drug-likeness (QED) is 0.889. The fourth-order valence-electron chi connectivity index (χ4n) is 2.63. The molecule has 5 nitrogen and oxygen atoms in total. The lowest BCUT2D eigenvalue weighted by molar-refractivity contribution is -0.126. The number of carbonyl (C=O) groups is 2. The minimum atomic E-state index is -0.0497. The normalized spacial score (nSPS) is 20.1. The fourth-order valence-corrected chi connectivity index (χ4v) is 2.93. The Hall–Kier alpha value is -1.30. The Bertz CT molecular complexity index is 588. The molecule has 0 saturated carbocycles. The molecule has 0 atom stereocenters. The van der Waals surface area contributed by atoms with Crippen LogP contribution in [0, 0.1) is 0 Å². The highest BCUT2D eigenvalue weighted by molar-refractivity contribution is 6.42. The number of hydrogen-bond acceptors (Lipinski definition) is 3. The van der Waals surface area contributed by atoms with Crippen molar-refractivity contribution >= 4 is 35.0 Å². The lowest BCUT2D eigenvalue weighted by atomic mass is 10.0. The zero-order chi connectivity index (χ0) is 15.0. The van der Waals surface area contributed by atoms with Crippen molar-refractivity contribution in [3.05, 3.63) is 33.8 Å². The standard InChI is InChI=1S/C14H15Cl2N3O2/c15-11-2-1-9(5-12(11)16)14(21)19-6-10(7-19)18-4-3-17-13(20)8-18/h1-2,5,10H,3-4,6-8H2,(H,17,20). The molecule has 1 aromatic rings. The number of carbonyl (C=O) groups excluding carboxylic acids is 2. The largest absolute Gasteiger partial charge is 0.354 e. The lowest BCUT2D eigenvalue weighted by Gasteiger charge is -2.46. The van der Waals surface area contributed by atoms with Gasteiger partial charge in [-0.05, 0) is 18.2 Å². The summed E-state index contributed by atoms with van der Waals surface area (Å²) in [5.41, 5.74) is 0.541. The highest BCUT2D eigenvalue weighted by Crippen LogP contribution is 2.25. The zero-order valence-electron chi connectivity index (χ0n) is 11.3. The van der Waals surface area contributed by atoms with Crippen LogP contribution in [0.5, 0.6) is 0 Å². The molecule has 21 heavy (non-hydrogen) atoms. The molecule has 0 aliphatic carbocycles. The van der Waals surface area contributed by atoms with Crippen LogP contribution in [0.4, 0.5) is 0 Å². The second kappa shape index (κ2) is 5.83. The maximum absolute atomic E-state index is 12.3. The summed E-state index contributed by atoms with van der Waals surface area (Å²) in [5.74, 6) is 0.00165. The first-order valence-electron chi connectivity index (χ1n) is 6.79. The Morgan fingerprint density at radius 2 is 2.00 bits per heavy atom. The van der Waals surface area contributed by atoms with E-state index >= 15 is 0 Å². The summed E-state index contributed by atoms with van der Waals surface area (Å²) >= 11 is 11.8. The van der Waals surface area contributed by atoms with E-state index in [1.165, 1.54) is 0 Å². The molecular weight excluding hydrogens is 313 g/mol. The van der Waals surface area contributed by atoms with Crippen molar-refractivity contribution < 1.29 is 9.59 Å². The van der Waals surface area contributed by atoms with Gasteiger partial charge in [0.2, 0.25) is 5.91 Å². The van der Waals surface area contributed by atoms with Crippen LogP contribution in [0.25, 0.3) is 0 Å². The van der Waals surface area contributed by atoms with Gasteiger partial charge in [0, 0.05) is 37.8 Å². The van der Waals surface area contributed by atoms with Gasteiger partial charge in [0.15, 0.2) is 0 Å². The number of rotatable bonds is 2. The molecule has 0 aromatic heterocycles. The molecule has 2 fully saturated rings. The Kier molecular flexibility index (Phi) is 4.06. The summed E-state index contributed by atoms with van der Waals surface area (Å²) < 4.78 is 0. The summed E-state index contributed by atoms with van der Waals surface area (Å²) in [6, 6.07) is 5.16. The Balaban J connectivity index is 1.59. The van der Waals surface area contributed by atoms with Gasteiger partial charge in [-0.1, -0.05) is 23.2 Å². The molecule has 2 amide bonds. The monoisotopic (exact) mass is 327 g/mol. The molecule has 0 unspecified atom stereocenters. The van der Waals surface area contributed by atoms with Gasteiger partial charge in [0.25, 0.3) is 5.91 Å². The second-order valence-electron chi connectivity index (χ2n) is 5.31. The molecule has 2 aliphatic rings. The highest BCUT2D eigenvalue weighted by Gasteiger charge is 2.36.